The fourth-order valence-corrected chi connectivity index (χ4v) is 2.49. The smallest absolute Gasteiger partial charge is 0.245 e. The van der Waals surface area contributed by atoms with Crippen LogP contribution in [0.2, 0.25) is 0 Å². The molecule has 1 aromatic rings. The lowest BCUT2D eigenvalue weighted by atomic mass is 10.1. The van der Waals surface area contributed by atoms with Gasteiger partial charge in [-0.1, -0.05) is 30.3 Å². The molecule has 0 amide bonds. The summed E-state index contributed by atoms with van der Waals surface area (Å²) in [5, 5.41) is 0. The second kappa shape index (κ2) is 9.32. The van der Waals surface area contributed by atoms with Crippen molar-refractivity contribution >= 4 is 12.0 Å². The minimum absolute atomic E-state index is 0.676. The predicted molar refractivity (Wildman–Crippen MR) is 85.6 cm³/mol. The van der Waals surface area contributed by atoms with Gasteiger partial charge in [-0.05, 0) is 0 Å². The monoisotopic (exact) mass is 399 g/mol. The second-order valence-corrected chi connectivity index (χ2v) is 6.98. The minimum atomic E-state index is -4.94. The van der Waals surface area contributed by atoms with Gasteiger partial charge < -0.3 is 14.2 Å². The maximum Gasteiger partial charge on any atom is 0.245 e. The maximum atomic E-state index is 8.49. The fourth-order valence-electron chi connectivity index (χ4n) is 2.49. The molecule has 1 saturated heterocycles. The average Bonchev–Trinajstić information content (AvgIpc) is 2.59. The zero-order valence-corrected chi connectivity index (χ0v) is 15.9. The Hall–Kier alpha value is -1.94. The first-order valence-corrected chi connectivity index (χ1v) is 9.50. The minimum Gasteiger partial charge on any atom is -0.453 e. The van der Waals surface area contributed by atoms with E-state index < -0.39 is 16.0 Å². The lowest BCUT2D eigenvalue weighted by Gasteiger charge is -2.33. The highest BCUT2D eigenvalue weighted by molar-refractivity contribution is 5.71. The van der Waals surface area contributed by atoms with E-state index in [1.807, 2.05) is 56.3 Å². The molecular weight excluding hydrogens is 378 g/mol. The van der Waals surface area contributed by atoms with Crippen molar-refractivity contribution in [2.75, 3.05) is 26.3 Å². The van der Waals surface area contributed by atoms with Crippen LogP contribution < -0.4 is 18.6 Å². The van der Waals surface area contributed by atoms with Gasteiger partial charge in [-0.2, -0.15) is 0 Å². The number of ether oxygens (including phenoxy) is 3. The van der Waals surface area contributed by atoms with E-state index in [1.54, 1.807) is 0 Å². The Balaban J connectivity index is 0.000000465. The highest BCUT2D eigenvalue weighted by atomic mass is 35.7. The number of morpholine rings is 1. The molecule has 0 bridgehead atoms. The number of hydrogen-bond acceptors (Lipinski definition) is 7. The largest absolute Gasteiger partial charge is 0.453 e. The summed E-state index contributed by atoms with van der Waals surface area (Å²) in [4.78, 5) is 0. The van der Waals surface area contributed by atoms with Gasteiger partial charge in [0.2, 0.25) is 5.79 Å². The van der Waals surface area contributed by atoms with Crippen molar-refractivity contribution in [2.24, 2.45) is 0 Å². The van der Waals surface area contributed by atoms with E-state index in [2.05, 4.69) is 10.8 Å². The second-order valence-electron chi connectivity index (χ2n) is 6.22. The van der Waals surface area contributed by atoms with Gasteiger partial charge in [0.15, 0.2) is 19.3 Å². The highest BCUT2D eigenvalue weighted by Gasteiger charge is 2.28. The van der Waals surface area contributed by atoms with Crippen molar-refractivity contribution in [3.63, 3.8) is 0 Å². The molecule has 8 nitrogen and oxygen atoms in total. The van der Waals surface area contributed by atoms with Gasteiger partial charge in [0.05, 0.1) is 0 Å². The summed E-state index contributed by atoms with van der Waals surface area (Å²) < 4.78 is 53.4. The molecule has 0 radical (unpaired) electrons. The molecule has 0 aliphatic carbocycles. The number of halogens is 1. The normalized spacial score (nSPS) is 20.6. The molecule has 0 saturated carbocycles. The van der Waals surface area contributed by atoms with Gasteiger partial charge in [-0.15, -0.1) is 10.2 Å². The Labute approximate surface area is 160 Å². The van der Waals surface area contributed by atoms with Crippen molar-refractivity contribution in [1.29, 1.82) is 0 Å². The molecule has 0 N–H and O–H groups in total. The zero-order chi connectivity index (χ0) is 19.9. The molecule has 1 fully saturated rings. The van der Waals surface area contributed by atoms with Crippen LogP contribution in [0.4, 0.5) is 0 Å². The summed E-state index contributed by atoms with van der Waals surface area (Å²) >= 11 is 0. The summed E-state index contributed by atoms with van der Waals surface area (Å²) in [5.74, 6) is 0.963. The molecule has 2 aliphatic heterocycles. The lowest BCUT2D eigenvalue weighted by molar-refractivity contribution is -2.00. The van der Waals surface area contributed by atoms with Crippen LogP contribution in [0.25, 0.3) is 5.76 Å². The third-order valence-electron chi connectivity index (χ3n) is 3.55. The molecule has 0 unspecified atom stereocenters. The van der Waals surface area contributed by atoms with E-state index in [1.165, 1.54) is 0 Å². The lowest BCUT2D eigenvalue weighted by Crippen LogP contribution is -2.68. The topological polar surface area (TPSA) is 123 Å². The van der Waals surface area contributed by atoms with Crippen LogP contribution in [-0.2, 0) is 14.2 Å². The summed E-state index contributed by atoms with van der Waals surface area (Å²) in [5.41, 5.74) is 1.05. The molecule has 0 atom stereocenters. The Morgan fingerprint density at radius 1 is 1.00 bits per heavy atom. The maximum absolute atomic E-state index is 8.49. The van der Waals surface area contributed by atoms with Gasteiger partial charge in [-0.25, -0.2) is 23.2 Å². The molecule has 27 heavy (non-hydrogen) atoms. The molecule has 9 heteroatoms. The Morgan fingerprint density at radius 3 is 2.19 bits per heavy atom. The number of rotatable bonds is 2. The molecule has 3 rings (SSSR count). The SMILES string of the molecule is CC1(C)OC(=CC=[N+]2CCOCC2)C=C(c2ccccc2)O1.[O-][Cl+3]([O-])([O-])[O-]. The average molecular weight is 400 g/mol. The molecule has 0 spiro atoms. The number of hydrogen-bond donors (Lipinski definition) is 0. The first-order chi connectivity index (χ1) is 12.6. The molecule has 2 aliphatic rings. The van der Waals surface area contributed by atoms with E-state index in [0.29, 0.717) is 0 Å². The van der Waals surface area contributed by atoms with Crippen LogP contribution in [0.1, 0.15) is 19.4 Å². The fraction of sp³-hybridized carbons (Fsp3) is 0.389. The van der Waals surface area contributed by atoms with Gasteiger partial charge in [-0.3, -0.25) is 0 Å². The van der Waals surface area contributed by atoms with Crippen LogP contribution in [0.3, 0.4) is 0 Å². The first kappa shape index (κ1) is 21.4. The summed E-state index contributed by atoms with van der Waals surface area (Å²) in [6.45, 7) is 7.23. The van der Waals surface area contributed by atoms with Crippen molar-refractivity contribution in [3.05, 3.63) is 53.8 Å². The van der Waals surface area contributed by atoms with Gasteiger partial charge >= 0.3 is 0 Å². The first-order valence-electron chi connectivity index (χ1n) is 8.26. The molecule has 148 valence electrons. The van der Waals surface area contributed by atoms with Crippen LogP contribution in [-0.4, -0.2) is 42.9 Å². The number of nitrogens with zero attached hydrogens (tertiary/aromatic N) is 1. The van der Waals surface area contributed by atoms with Crippen molar-refractivity contribution in [3.8, 4) is 0 Å². The van der Waals surface area contributed by atoms with Crippen LogP contribution in [0.5, 0.6) is 0 Å². The molecular formula is C18H22ClNO7. The Kier molecular flexibility index (Phi) is 7.37. The quantitative estimate of drug-likeness (QED) is 0.529. The number of benzene rings is 1. The molecule has 1 aromatic carbocycles. The highest BCUT2D eigenvalue weighted by Crippen LogP contribution is 2.32. The van der Waals surface area contributed by atoms with E-state index >= 15 is 0 Å². The predicted octanol–water partition coefficient (Wildman–Crippen LogP) is -1.95. The van der Waals surface area contributed by atoms with Crippen LogP contribution >= 0.6 is 0 Å². The number of allylic oxidation sites excluding steroid dienone is 2. The van der Waals surface area contributed by atoms with E-state index in [9.17, 15) is 0 Å². The zero-order valence-electron chi connectivity index (χ0n) is 15.1. The van der Waals surface area contributed by atoms with E-state index in [-0.39, 0.29) is 0 Å². The van der Waals surface area contributed by atoms with Crippen LogP contribution in [0, 0.1) is 10.2 Å². The van der Waals surface area contributed by atoms with Gasteiger partial charge in [0, 0.05) is 31.6 Å². The summed E-state index contributed by atoms with van der Waals surface area (Å²) in [6, 6.07) is 10.1. The van der Waals surface area contributed by atoms with E-state index in [4.69, 9.17) is 32.8 Å². The summed E-state index contributed by atoms with van der Waals surface area (Å²) in [7, 11) is -4.94. The Bertz CT molecular complexity index is 694. The van der Waals surface area contributed by atoms with Crippen LogP contribution in [0.15, 0.2) is 48.2 Å². The summed E-state index contributed by atoms with van der Waals surface area (Å²) in [6.07, 6.45) is 6.01. The van der Waals surface area contributed by atoms with Gasteiger partial charge in [0.25, 0.3) is 0 Å². The third kappa shape index (κ3) is 8.53. The van der Waals surface area contributed by atoms with Gasteiger partial charge in [0.1, 0.15) is 24.7 Å². The van der Waals surface area contributed by atoms with E-state index in [0.717, 1.165) is 43.4 Å². The van der Waals surface area contributed by atoms with Crippen molar-refractivity contribution < 1.29 is 47.7 Å². The molecule has 2 heterocycles. The standard InChI is InChI=1S/C18H22NO3.ClHO4/c1-18(2)21-16(8-9-19-10-12-20-13-11-19)14-17(22-18)15-6-4-3-5-7-15;2-1(3,4)5/h3-9,14H,10-13H2,1-2H3;(H,2,3,4,5)/q+1;/p-1. The molecule has 0 aromatic heterocycles. The third-order valence-corrected chi connectivity index (χ3v) is 3.55. The van der Waals surface area contributed by atoms with Crippen molar-refractivity contribution in [2.45, 2.75) is 19.6 Å². The van der Waals surface area contributed by atoms with Crippen molar-refractivity contribution in [1.82, 2.24) is 0 Å². The Morgan fingerprint density at radius 2 is 1.59 bits per heavy atom.